The third-order valence-electron chi connectivity index (χ3n) is 5.06. The number of aliphatic hydroxyl groups excluding tert-OH is 1. The SMILES string of the molecule is C.CN(C(=O)OC(C)(C)C)[C@H](C(=O)O)C(C)(C)c1ccc(OCCOCCOCCOCCO)cc1. The number of hydrogen-bond acceptors (Lipinski definition) is 8. The number of hydrogen-bond donors (Lipinski definition) is 2. The first-order chi connectivity index (χ1) is 16.4. The van der Waals surface area contributed by atoms with Crippen LogP contribution in [0.2, 0.25) is 0 Å². The van der Waals surface area contributed by atoms with Crippen molar-refractivity contribution in [1.82, 2.24) is 4.90 Å². The Kier molecular flexibility index (Phi) is 15.3. The highest BCUT2D eigenvalue weighted by molar-refractivity contribution is 5.82. The van der Waals surface area contributed by atoms with E-state index in [0.29, 0.717) is 52.0 Å². The second-order valence-corrected chi connectivity index (χ2v) is 9.49. The summed E-state index contributed by atoms with van der Waals surface area (Å²) in [6, 6.07) is 5.97. The van der Waals surface area contributed by atoms with Crippen LogP contribution in [0.15, 0.2) is 24.3 Å². The van der Waals surface area contributed by atoms with E-state index in [9.17, 15) is 14.7 Å². The van der Waals surface area contributed by atoms with E-state index in [1.54, 1.807) is 58.9 Å². The summed E-state index contributed by atoms with van der Waals surface area (Å²) in [6.07, 6.45) is -0.696. The fraction of sp³-hybridized carbons (Fsp3) is 0.692. The standard InChI is InChI=1S/C25H41NO9.CH4/c1-24(2,3)35-23(30)26(6)21(22(28)29)25(4,5)19-7-9-20(10-8-19)34-18-17-33-16-15-32-14-13-31-12-11-27;/h7-10,21,27H,11-18H2,1-6H3,(H,28,29);1H4/t21-;/m1./s1. The van der Waals surface area contributed by atoms with E-state index in [-0.39, 0.29) is 14.0 Å². The fourth-order valence-corrected chi connectivity index (χ4v) is 3.36. The second-order valence-electron chi connectivity index (χ2n) is 9.49. The maximum atomic E-state index is 12.5. The summed E-state index contributed by atoms with van der Waals surface area (Å²) >= 11 is 0. The molecular weight excluding hydrogens is 470 g/mol. The molecule has 0 aliphatic rings. The van der Waals surface area contributed by atoms with Crippen molar-refractivity contribution in [3.8, 4) is 5.75 Å². The lowest BCUT2D eigenvalue weighted by atomic mass is 9.77. The number of carbonyl (C=O) groups is 2. The van der Waals surface area contributed by atoms with Crippen LogP contribution in [0.1, 0.15) is 47.6 Å². The summed E-state index contributed by atoms with van der Waals surface area (Å²) < 4.78 is 26.9. The molecule has 2 N–H and O–H groups in total. The van der Waals surface area contributed by atoms with Crippen molar-refractivity contribution in [2.45, 2.75) is 59.1 Å². The van der Waals surface area contributed by atoms with E-state index in [2.05, 4.69) is 0 Å². The molecule has 0 bridgehead atoms. The van der Waals surface area contributed by atoms with Crippen LogP contribution in [0.3, 0.4) is 0 Å². The lowest BCUT2D eigenvalue weighted by Crippen LogP contribution is -2.54. The zero-order valence-electron chi connectivity index (χ0n) is 21.7. The number of carboxylic acid groups (broad SMARTS) is 1. The Bertz CT molecular complexity index is 760. The van der Waals surface area contributed by atoms with Gasteiger partial charge in [-0.15, -0.1) is 0 Å². The normalized spacial score (nSPS) is 12.4. The van der Waals surface area contributed by atoms with E-state index in [0.717, 1.165) is 10.5 Å². The molecule has 1 amide bonds. The van der Waals surface area contributed by atoms with Crippen LogP contribution >= 0.6 is 0 Å². The van der Waals surface area contributed by atoms with Crippen molar-refractivity contribution < 1.29 is 43.5 Å². The minimum atomic E-state index is -1.14. The molecule has 1 aromatic rings. The average Bonchev–Trinajstić information content (AvgIpc) is 2.76. The summed E-state index contributed by atoms with van der Waals surface area (Å²) in [7, 11) is 1.43. The zero-order chi connectivity index (χ0) is 26.5. The summed E-state index contributed by atoms with van der Waals surface area (Å²) in [5, 5.41) is 18.5. The third-order valence-corrected chi connectivity index (χ3v) is 5.06. The van der Waals surface area contributed by atoms with Gasteiger partial charge < -0.3 is 33.9 Å². The Hall–Kier alpha value is -2.40. The van der Waals surface area contributed by atoms with Crippen molar-refractivity contribution in [3.63, 3.8) is 0 Å². The highest BCUT2D eigenvalue weighted by Crippen LogP contribution is 2.32. The number of likely N-dealkylation sites (N-methyl/N-ethyl adjacent to an activating group) is 1. The van der Waals surface area contributed by atoms with Crippen molar-refractivity contribution >= 4 is 12.1 Å². The first-order valence-corrected chi connectivity index (χ1v) is 11.7. The Morgan fingerprint density at radius 2 is 1.33 bits per heavy atom. The first kappa shape index (κ1) is 33.6. The van der Waals surface area contributed by atoms with Gasteiger partial charge in [0.05, 0.1) is 46.2 Å². The van der Waals surface area contributed by atoms with Crippen molar-refractivity contribution in [1.29, 1.82) is 0 Å². The van der Waals surface area contributed by atoms with Crippen LogP contribution in [-0.2, 0) is 29.2 Å². The molecule has 10 nitrogen and oxygen atoms in total. The van der Waals surface area contributed by atoms with E-state index in [1.807, 2.05) is 0 Å². The van der Waals surface area contributed by atoms with Crippen LogP contribution in [0.4, 0.5) is 4.79 Å². The van der Waals surface area contributed by atoms with Gasteiger partial charge in [0.25, 0.3) is 0 Å². The van der Waals surface area contributed by atoms with Gasteiger partial charge in [0.2, 0.25) is 0 Å². The maximum Gasteiger partial charge on any atom is 0.410 e. The molecule has 0 unspecified atom stereocenters. The number of aliphatic carboxylic acids is 1. The van der Waals surface area contributed by atoms with Gasteiger partial charge in [-0.2, -0.15) is 0 Å². The maximum absolute atomic E-state index is 12.5. The van der Waals surface area contributed by atoms with Crippen LogP contribution in [0, 0.1) is 0 Å². The zero-order valence-corrected chi connectivity index (χ0v) is 21.7. The predicted molar refractivity (Wildman–Crippen MR) is 137 cm³/mol. The van der Waals surface area contributed by atoms with E-state index in [1.165, 1.54) is 7.05 Å². The summed E-state index contributed by atoms with van der Waals surface area (Å²) in [5.41, 5.74) is -0.893. The molecule has 1 aromatic carbocycles. The van der Waals surface area contributed by atoms with E-state index >= 15 is 0 Å². The number of ether oxygens (including phenoxy) is 5. The second kappa shape index (κ2) is 16.4. The monoisotopic (exact) mass is 515 g/mol. The van der Waals surface area contributed by atoms with E-state index in [4.69, 9.17) is 28.8 Å². The summed E-state index contributed by atoms with van der Waals surface area (Å²) in [4.78, 5) is 25.7. The molecule has 0 aromatic heterocycles. The van der Waals surface area contributed by atoms with Crippen LogP contribution in [0.25, 0.3) is 0 Å². The molecule has 10 heteroatoms. The summed E-state index contributed by atoms with van der Waals surface area (Å²) in [6.45, 7) is 11.5. The summed E-state index contributed by atoms with van der Waals surface area (Å²) in [5.74, 6) is -0.500. The van der Waals surface area contributed by atoms with Crippen molar-refractivity contribution in [2.75, 3.05) is 59.9 Å². The molecule has 0 aliphatic carbocycles. The third kappa shape index (κ3) is 12.0. The van der Waals surface area contributed by atoms with Gasteiger partial charge in [-0.3, -0.25) is 4.90 Å². The van der Waals surface area contributed by atoms with Gasteiger partial charge >= 0.3 is 12.1 Å². The largest absolute Gasteiger partial charge is 0.491 e. The highest BCUT2D eigenvalue weighted by atomic mass is 16.6. The van der Waals surface area contributed by atoms with Gasteiger partial charge in [0.15, 0.2) is 0 Å². The molecular formula is C26H45NO9. The number of aliphatic hydroxyl groups is 1. The number of benzene rings is 1. The average molecular weight is 516 g/mol. The molecule has 0 aliphatic heterocycles. The molecule has 0 radical (unpaired) electrons. The molecule has 36 heavy (non-hydrogen) atoms. The van der Waals surface area contributed by atoms with Crippen LogP contribution in [-0.4, -0.2) is 98.7 Å². The molecule has 0 saturated carbocycles. The topological polar surface area (TPSA) is 124 Å². The quantitative estimate of drug-likeness (QED) is 0.319. The molecule has 208 valence electrons. The van der Waals surface area contributed by atoms with Crippen molar-refractivity contribution in [2.24, 2.45) is 0 Å². The Morgan fingerprint density at radius 3 is 1.78 bits per heavy atom. The van der Waals surface area contributed by atoms with Crippen molar-refractivity contribution in [3.05, 3.63) is 29.8 Å². The Morgan fingerprint density at radius 1 is 0.861 bits per heavy atom. The molecule has 0 saturated heterocycles. The molecule has 0 spiro atoms. The Balaban J connectivity index is 0.0000122. The number of carbonyl (C=O) groups excluding carboxylic acids is 1. The number of amides is 1. The van der Waals surface area contributed by atoms with Gasteiger partial charge in [0.1, 0.15) is 24.0 Å². The van der Waals surface area contributed by atoms with Crippen LogP contribution in [0.5, 0.6) is 5.75 Å². The predicted octanol–water partition coefficient (Wildman–Crippen LogP) is 3.34. The molecule has 0 fully saturated rings. The minimum Gasteiger partial charge on any atom is -0.491 e. The Labute approximate surface area is 215 Å². The molecule has 0 heterocycles. The van der Waals surface area contributed by atoms with E-state index < -0.39 is 29.1 Å². The van der Waals surface area contributed by atoms with Gasteiger partial charge in [-0.05, 0) is 38.5 Å². The molecule has 1 atom stereocenters. The first-order valence-electron chi connectivity index (χ1n) is 11.7. The number of nitrogens with zero attached hydrogens (tertiary/aromatic N) is 1. The minimum absolute atomic E-state index is 0. The lowest BCUT2D eigenvalue weighted by molar-refractivity contribution is -0.145. The van der Waals surface area contributed by atoms with Gasteiger partial charge in [-0.1, -0.05) is 33.4 Å². The molecule has 1 rings (SSSR count). The number of rotatable bonds is 16. The smallest absolute Gasteiger partial charge is 0.410 e. The highest BCUT2D eigenvalue weighted by Gasteiger charge is 2.42. The lowest BCUT2D eigenvalue weighted by Gasteiger charge is -2.38. The number of carboxylic acids is 1. The van der Waals surface area contributed by atoms with Gasteiger partial charge in [0, 0.05) is 12.5 Å². The fourth-order valence-electron chi connectivity index (χ4n) is 3.36. The van der Waals surface area contributed by atoms with Gasteiger partial charge in [-0.25, -0.2) is 9.59 Å². The van der Waals surface area contributed by atoms with Crippen LogP contribution < -0.4 is 4.74 Å².